The number of anilines is 1. The van der Waals surface area contributed by atoms with Crippen molar-refractivity contribution in [1.82, 2.24) is 4.90 Å². The molecule has 0 saturated carbocycles. The van der Waals surface area contributed by atoms with Crippen LogP contribution in [-0.2, 0) is 9.59 Å². The van der Waals surface area contributed by atoms with Gasteiger partial charge in [0.05, 0.1) is 22.2 Å². The first-order valence-electron chi connectivity index (χ1n) is 9.86. The van der Waals surface area contributed by atoms with Crippen LogP contribution in [0.4, 0.5) is 10.5 Å². The maximum absolute atomic E-state index is 12.8. The van der Waals surface area contributed by atoms with Crippen LogP contribution in [0, 0.1) is 17.4 Å². The Hall–Kier alpha value is -2.53. The van der Waals surface area contributed by atoms with Crippen molar-refractivity contribution in [2.45, 2.75) is 20.8 Å². The van der Waals surface area contributed by atoms with Gasteiger partial charge in [-0.25, -0.2) is 0 Å². The lowest BCUT2D eigenvalue weighted by molar-refractivity contribution is -0.127. The summed E-state index contributed by atoms with van der Waals surface area (Å²) in [5, 5.41) is 2.33. The lowest BCUT2D eigenvalue weighted by atomic mass is 10.1. The second-order valence-corrected chi connectivity index (χ2v) is 9.21. The third-order valence-electron chi connectivity index (χ3n) is 4.76. The van der Waals surface area contributed by atoms with E-state index in [1.165, 1.54) is 0 Å². The third-order valence-corrected chi connectivity index (χ3v) is 6.47. The van der Waals surface area contributed by atoms with Crippen molar-refractivity contribution >= 4 is 63.2 Å². The number of ether oxygens (including phenoxy) is 2. The summed E-state index contributed by atoms with van der Waals surface area (Å²) >= 11 is 2.94. The number of amides is 3. The number of para-hydroxylation sites is 1. The lowest BCUT2D eigenvalue weighted by Gasteiger charge is -2.15. The molecule has 1 fully saturated rings. The Morgan fingerprint density at radius 2 is 1.91 bits per heavy atom. The number of rotatable bonds is 7. The molecular weight excluding hydrogens is 543 g/mol. The molecule has 1 aliphatic rings. The second-order valence-electron chi connectivity index (χ2n) is 7.05. The largest absolute Gasteiger partial charge is 0.493 e. The van der Waals surface area contributed by atoms with Gasteiger partial charge in [-0.1, -0.05) is 18.2 Å². The number of hydrogen-bond acceptors (Lipinski definition) is 6. The van der Waals surface area contributed by atoms with E-state index in [0.29, 0.717) is 29.4 Å². The normalized spacial score (nSPS) is 14.8. The van der Waals surface area contributed by atoms with E-state index in [9.17, 15) is 14.4 Å². The molecule has 32 heavy (non-hydrogen) atoms. The van der Waals surface area contributed by atoms with Crippen molar-refractivity contribution in [2.75, 3.05) is 25.6 Å². The summed E-state index contributed by atoms with van der Waals surface area (Å²) in [7, 11) is 1.54. The van der Waals surface area contributed by atoms with Crippen molar-refractivity contribution in [3.8, 4) is 11.5 Å². The van der Waals surface area contributed by atoms with Gasteiger partial charge in [0.1, 0.15) is 6.54 Å². The highest BCUT2D eigenvalue weighted by molar-refractivity contribution is 14.1. The zero-order chi connectivity index (χ0) is 23.4. The number of carbonyl (C=O) groups excluding carboxylic acids is 3. The van der Waals surface area contributed by atoms with Crippen molar-refractivity contribution in [3.05, 3.63) is 55.5 Å². The topological polar surface area (TPSA) is 84.9 Å². The molecule has 0 radical (unpaired) electrons. The summed E-state index contributed by atoms with van der Waals surface area (Å²) < 4.78 is 11.8. The number of hydrogen-bond donors (Lipinski definition) is 1. The van der Waals surface area contributed by atoms with Crippen molar-refractivity contribution in [2.24, 2.45) is 0 Å². The zero-order valence-electron chi connectivity index (χ0n) is 18.2. The molecule has 2 aromatic carbocycles. The van der Waals surface area contributed by atoms with Crippen molar-refractivity contribution in [3.63, 3.8) is 0 Å². The summed E-state index contributed by atoms with van der Waals surface area (Å²) in [6, 6.07) is 9.26. The smallest absolute Gasteiger partial charge is 0.294 e. The van der Waals surface area contributed by atoms with Crippen LogP contribution in [0.1, 0.15) is 23.6 Å². The summed E-state index contributed by atoms with van der Waals surface area (Å²) in [6.07, 6.45) is 1.62. The molecule has 1 N–H and O–H groups in total. The Labute approximate surface area is 204 Å². The molecule has 0 atom stereocenters. The lowest BCUT2D eigenvalue weighted by Crippen LogP contribution is -2.36. The molecule has 0 aromatic heterocycles. The van der Waals surface area contributed by atoms with E-state index in [2.05, 4.69) is 27.9 Å². The average molecular weight is 566 g/mol. The molecule has 0 aliphatic carbocycles. The van der Waals surface area contributed by atoms with Crippen LogP contribution >= 0.6 is 34.4 Å². The highest BCUT2D eigenvalue weighted by Crippen LogP contribution is 2.37. The van der Waals surface area contributed by atoms with Gasteiger partial charge in [-0.15, -0.1) is 0 Å². The van der Waals surface area contributed by atoms with Crippen LogP contribution < -0.4 is 14.8 Å². The Morgan fingerprint density at radius 3 is 2.53 bits per heavy atom. The fraction of sp³-hybridized carbons (Fsp3) is 0.261. The average Bonchev–Trinajstić information content (AvgIpc) is 3.00. The van der Waals surface area contributed by atoms with E-state index in [1.807, 2.05) is 45.0 Å². The molecule has 3 rings (SSSR count). The quantitative estimate of drug-likeness (QED) is 0.376. The van der Waals surface area contributed by atoms with Crippen LogP contribution in [0.5, 0.6) is 11.5 Å². The number of nitrogens with zero attached hydrogens (tertiary/aromatic N) is 1. The molecule has 1 heterocycles. The Kier molecular flexibility index (Phi) is 7.83. The van der Waals surface area contributed by atoms with Gasteiger partial charge in [0.25, 0.3) is 11.1 Å². The van der Waals surface area contributed by atoms with Crippen LogP contribution in [0.3, 0.4) is 0 Å². The highest BCUT2D eigenvalue weighted by Gasteiger charge is 2.36. The minimum atomic E-state index is -0.500. The van der Waals surface area contributed by atoms with Crippen LogP contribution in [0.2, 0.25) is 0 Å². The van der Waals surface area contributed by atoms with E-state index in [0.717, 1.165) is 31.4 Å². The van der Waals surface area contributed by atoms with Crippen LogP contribution in [-0.4, -0.2) is 42.2 Å². The van der Waals surface area contributed by atoms with Gasteiger partial charge < -0.3 is 14.8 Å². The number of carbonyl (C=O) groups is 3. The maximum Gasteiger partial charge on any atom is 0.294 e. The molecule has 168 valence electrons. The first-order chi connectivity index (χ1) is 15.2. The number of thioether (sulfide) groups is 1. The Morgan fingerprint density at radius 1 is 1.22 bits per heavy atom. The van der Waals surface area contributed by atoms with Gasteiger partial charge in [0, 0.05) is 5.69 Å². The number of aryl methyl sites for hydroxylation is 2. The number of methoxy groups -OCH3 is 1. The van der Waals surface area contributed by atoms with Gasteiger partial charge in [-0.3, -0.25) is 19.3 Å². The predicted molar refractivity (Wildman–Crippen MR) is 134 cm³/mol. The predicted octanol–water partition coefficient (Wildman–Crippen LogP) is 4.99. The number of imide groups is 1. The van der Waals surface area contributed by atoms with Gasteiger partial charge >= 0.3 is 0 Å². The van der Waals surface area contributed by atoms with E-state index < -0.39 is 17.1 Å². The number of benzene rings is 2. The van der Waals surface area contributed by atoms with Crippen molar-refractivity contribution < 1.29 is 23.9 Å². The molecule has 1 saturated heterocycles. The van der Waals surface area contributed by atoms with Crippen LogP contribution in [0.15, 0.2) is 35.2 Å². The van der Waals surface area contributed by atoms with Gasteiger partial charge in [-0.05, 0) is 90.0 Å². The third kappa shape index (κ3) is 5.26. The second kappa shape index (κ2) is 10.4. The standard InChI is InChI=1S/C23H23IN2O5S/c1-5-31-21-16(24)9-15(10-17(21)30-4)11-18-22(28)26(23(29)32-18)12-19(27)25-20-13(2)7-6-8-14(20)3/h6-11H,5,12H2,1-4H3,(H,25,27)/b18-11+. The summed E-state index contributed by atoms with van der Waals surface area (Å²) in [4.78, 5) is 39.0. The van der Waals surface area contributed by atoms with E-state index in [1.54, 1.807) is 19.3 Å². The Balaban J connectivity index is 1.78. The number of nitrogens with one attached hydrogen (secondary N) is 1. The fourth-order valence-corrected chi connectivity index (χ4v) is 4.85. The Bertz CT molecular complexity index is 1100. The fourth-order valence-electron chi connectivity index (χ4n) is 3.23. The molecular formula is C23H23IN2O5S. The molecule has 0 unspecified atom stereocenters. The van der Waals surface area contributed by atoms with Crippen molar-refractivity contribution in [1.29, 1.82) is 0 Å². The molecule has 1 aliphatic heterocycles. The van der Waals surface area contributed by atoms with E-state index in [4.69, 9.17) is 9.47 Å². The molecule has 3 amide bonds. The number of halogens is 1. The zero-order valence-corrected chi connectivity index (χ0v) is 21.1. The van der Waals surface area contributed by atoms with E-state index in [-0.39, 0.29) is 11.4 Å². The first-order valence-corrected chi connectivity index (χ1v) is 11.8. The monoisotopic (exact) mass is 566 g/mol. The van der Waals surface area contributed by atoms with Gasteiger partial charge in [-0.2, -0.15) is 0 Å². The molecule has 2 aromatic rings. The SMILES string of the molecule is CCOc1c(I)cc(/C=C2/SC(=O)N(CC(=O)Nc3c(C)cccc3C)C2=O)cc1OC. The molecule has 0 bridgehead atoms. The summed E-state index contributed by atoms with van der Waals surface area (Å²) in [5.41, 5.74) is 3.20. The van der Waals surface area contributed by atoms with E-state index >= 15 is 0 Å². The van der Waals surface area contributed by atoms with Gasteiger partial charge in [0.15, 0.2) is 11.5 Å². The minimum Gasteiger partial charge on any atom is -0.493 e. The summed E-state index contributed by atoms with van der Waals surface area (Å²) in [5.74, 6) is 0.240. The molecule has 7 nitrogen and oxygen atoms in total. The maximum atomic E-state index is 12.8. The summed E-state index contributed by atoms with van der Waals surface area (Å²) in [6.45, 7) is 5.81. The first kappa shape index (κ1) is 24.1. The van der Waals surface area contributed by atoms with Crippen LogP contribution in [0.25, 0.3) is 6.08 Å². The molecule has 0 spiro atoms. The highest BCUT2D eigenvalue weighted by atomic mass is 127. The van der Waals surface area contributed by atoms with Gasteiger partial charge in [0.2, 0.25) is 5.91 Å². The minimum absolute atomic E-state index is 0.247. The molecule has 9 heteroatoms.